The van der Waals surface area contributed by atoms with Gasteiger partial charge in [0.1, 0.15) is 10.6 Å². The first kappa shape index (κ1) is 15.0. The smallest absolute Gasteiger partial charge is 0.225 e. The van der Waals surface area contributed by atoms with Gasteiger partial charge in [0.25, 0.3) is 0 Å². The maximum atomic E-state index is 9.97. The van der Waals surface area contributed by atoms with E-state index in [0.717, 1.165) is 22.5 Å². The van der Waals surface area contributed by atoms with Gasteiger partial charge in [0.15, 0.2) is 0 Å². The average Bonchev–Trinajstić information content (AvgIpc) is 2.75. The van der Waals surface area contributed by atoms with Crippen LogP contribution in [0.1, 0.15) is 25.1 Å². The maximum absolute atomic E-state index is 9.97. The molecule has 0 aromatic carbocycles. The van der Waals surface area contributed by atoms with Gasteiger partial charge >= 0.3 is 0 Å². The summed E-state index contributed by atoms with van der Waals surface area (Å²) in [5.41, 5.74) is 0. The van der Waals surface area contributed by atoms with E-state index >= 15 is 0 Å². The molecule has 2 aromatic heterocycles. The Morgan fingerprint density at radius 3 is 2.75 bits per heavy atom. The van der Waals surface area contributed by atoms with Gasteiger partial charge in [0.05, 0.1) is 11.5 Å². The van der Waals surface area contributed by atoms with E-state index in [1.807, 2.05) is 0 Å². The first-order valence-corrected chi connectivity index (χ1v) is 7.69. The first-order valence-electron chi connectivity index (χ1n) is 6.87. The van der Waals surface area contributed by atoms with Crippen LogP contribution in [-0.2, 0) is 0 Å². The summed E-state index contributed by atoms with van der Waals surface area (Å²) in [6.45, 7) is 6.77. The molecule has 0 amide bonds. The van der Waals surface area contributed by atoms with Gasteiger partial charge in [0, 0.05) is 18.5 Å². The second-order valence-corrected chi connectivity index (χ2v) is 6.62. The molecular formula is C14H22N4OS. The van der Waals surface area contributed by atoms with Crippen molar-refractivity contribution in [3.8, 4) is 0 Å². The zero-order valence-electron chi connectivity index (χ0n) is 12.4. The Labute approximate surface area is 123 Å². The quantitative estimate of drug-likeness (QED) is 0.764. The van der Waals surface area contributed by atoms with E-state index in [-0.39, 0.29) is 6.10 Å². The van der Waals surface area contributed by atoms with Gasteiger partial charge in [-0.1, -0.05) is 13.8 Å². The molecule has 0 aliphatic rings. The molecule has 0 spiro atoms. The molecule has 0 fully saturated rings. The molecule has 2 aromatic rings. The highest BCUT2D eigenvalue weighted by atomic mass is 32.1. The fourth-order valence-corrected chi connectivity index (χ4v) is 3.01. The summed E-state index contributed by atoms with van der Waals surface area (Å²) in [5.74, 6) is 1.86. The molecule has 0 aliphatic heterocycles. The minimum absolute atomic E-state index is 0.363. The summed E-state index contributed by atoms with van der Waals surface area (Å²) in [6, 6.07) is 2.08. The molecule has 0 bridgehead atoms. The molecule has 3 N–H and O–H groups in total. The number of nitrogens with zero attached hydrogens (tertiary/aromatic N) is 2. The van der Waals surface area contributed by atoms with Crippen LogP contribution < -0.4 is 10.6 Å². The van der Waals surface area contributed by atoms with Crippen molar-refractivity contribution in [1.82, 2.24) is 9.97 Å². The lowest BCUT2D eigenvalue weighted by Gasteiger charge is -2.15. The number of nitrogens with one attached hydrogen (secondary N) is 2. The van der Waals surface area contributed by atoms with Gasteiger partial charge in [0.2, 0.25) is 5.95 Å². The zero-order chi connectivity index (χ0) is 14.7. The lowest BCUT2D eigenvalue weighted by atomic mass is 10.1. The fraction of sp³-hybridized carbons (Fsp3) is 0.571. The number of aliphatic hydroxyl groups excluding tert-OH is 1. The predicted octanol–water partition coefficient (Wildman–Crippen LogP) is 2.86. The van der Waals surface area contributed by atoms with Crippen LogP contribution in [-0.4, -0.2) is 34.8 Å². The number of aromatic nitrogens is 2. The fourth-order valence-electron chi connectivity index (χ4n) is 2.13. The van der Waals surface area contributed by atoms with Crippen molar-refractivity contribution in [3.05, 3.63) is 10.9 Å². The van der Waals surface area contributed by atoms with Crippen molar-refractivity contribution < 1.29 is 5.11 Å². The van der Waals surface area contributed by atoms with Crippen molar-refractivity contribution in [1.29, 1.82) is 0 Å². The second-order valence-electron chi connectivity index (χ2n) is 5.39. The Hall–Kier alpha value is -1.40. The summed E-state index contributed by atoms with van der Waals surface area (Å²) in [4.78, 5) is 11.1. The van der Waals surface area contributed by atoms with E-state index in [9.17, 15) is 5.11 Å². The van der Waals surface area contributed by atoms with Gasteiger partial charge in [-0.25, -0.2) is 4.98 Å². The molecular weight excluding hydrogens is 272 g/mol. The number of aliphatic hydroxyl groups is 1. The van der Waals surface area contributed by atoms with Gasteiger partial charge in [-0.3, -0.25) is 0 Å². The van der Waals surface area contributed by atoms with Crippen molar-refractivity contribution in [2.24, 2.45) is 5.92 Å². The minimum Gasteiger partial charge on any atom is -0.391 e. The van der Waals surface area contributed by atoms with Gasteiger partial charge in [-0.15, -0.1) is 11.3 Å². The molecule has 1 atom stereocenters. The number of hydrogen-bond donors (Lipinski definition) is 3. The number of aryl methyl sites for hydroxylation is 1. The lowest BCUT2D eigenvalue weighted by molar-refractivity contribution is 0.161. The van der Waals surface area contributed by atoms with E-state index in [1.54, 1.807) is 18.4 Å². The van der Waals surface area contributed by atoms with Crippen LogP contribution in [0, 0.1) is 12.8 Å². The SMILES string of the molecule is CNc1nc(NCC(O)CC(C)C)c2cc(C)sc2n1. The third-order valence-electron chi connectivity index (χ3n) is 2.99. The van der Waals surface area contributed by atoms with E-state index in [2.05, 4.69) is 47.4 Å². The van der Waals surface area contributed by atoms with Crippen LogP contribution in [0.3, 0.4) is 0 Å². The van der Waals surface area contributed by atoms with Gasteiger partial charge in [-0.05, 0) is 25.3 Å². The Morgan fingerprint density at radius 2 is 2.10 bits per heavy atom. The molecule has 0 aliphatic carbocycles. The zero-order valence-corrected chi connectivity index (χ0v) is 13.2. The van der Waals surface area contributed by atoms with Crippen LogP contribution in [0.25, 0.3) is 10.2 Å². The van der Waals surface area contributed by atoms with Crippen molar-refractivity contribution in [2.45, 2.75) is 33.3 Å². The molecule has 0 saturated heterocycles. The maximum Gasteiger partial charge on any atom is 0.225 e. The molecule has 20 heavy (non-hydrogen) atoms. The molecule has 6 heteroatoms. The van der Waals surface area contributed by atoms with Crippen molar-refractivity contribution in [3.63, 3.8) is 0 Å². The summed E-state index contributed by atoms with van der Waals surface area (Å²) in [7, 11) is 1.80. The molecule has 1 unspecified atom stereocenters. The highest BCUT2D eigenvalue weighted by molar-refractivity contribution is 7.18. The Kier molecular flexibility index (Phi) is 4.77. The Balaban J connectivity index is 2.19. The normalized spacial score (nSPS) is 12.9. The van der Waals surface area contributed by atoms with E-state index in [4.69, 9.17) is 0 Å². The third-order valence-corrected chi connectivity index (χ3v) is 3.93. The van der Waals surface area contributed by atoms with E-state index < -0.39 is 0 Å². The Morgan fingerprint density at radius 1 is 1.35 bits per heavy atom. The van der Waals surface area contributed by atoms with Crippen LogP contribution in [0.15, 0.2) is 6.07 Å². The predicted molar refractivity (Wildman–Crippen MR) is 85.7 cm³/mol. The molecule has 0 saturated carbocycles. The molecule has 0 radical (unpaired) electrons. The summed E-state index contributed by atoms with van der Waals surface area (Å²) in [6.07, 6.45) is 0.417. The Bertz CT molecular complexity index is 582. The number of thiophene rings is 1. The van der Waals surface area contributed by atoms with Crippen LogP contribution >= 0.6 is 11.3 Å². The molecule has 5 nitrogen and oxygen atoms in total. The highest BCUT2D eigenvalue weighted by Crippen LogP contribution is 2.29. The lowest BCUT2D eigenvalue weighted by Crippen LogP contribution is -2.22. The number of anilines is 2. The highest BCUT2D eigenvalue weighted by Gasteiger charge is 2.12. The van der Waals surface area contributed by atoms with Crippen LogP contribution in [0.4, 0.5) is 11.8 Å². The van der Waals surface area contributed by atoms with Crippen molar-refractivity contribution in [2.75, 3.05) is 24.2 Å². The summed E-state index contributed by atoms with van der Waals surface area (Å²) < 4.78 is 0. The summed E-state index contributed by atoms with van der Waals surface area (Å²) in [5, 5.41) is 17.2. The van der Waals surface area contributed by atoms with Gasteiger partial charge in [-0.2, -0.15) is 4.98 Å². The monoisotopic (exact) mass is 294 g/mol. The number of hydrogen-bond acceptors (Lipinski definition) is 6. The summed E-state index contributed by atoms with van der Waals surface area (Å²) >= 11 is 1.65. The van der Waals surface area contributed by atoms with Crippen LogP contribution in [0.2, 0.25) is 0 Å². The minimum atomic E-state index is -0.363. The van der Waals surface area contributed by atoms with Crippen molar-refractivity contribution >= 4 is 33.3 Å². The topological polar surface area (TPSA) is 70.1 Å². The van der Waals surface area contributed by atoms with E-state index in [0.29, 0.717) is 18.4 Å². The molecule has 2 heterocycles. The molecule has 2 rings (SSSR count). The van der Waals surface area contributed by atoms with Gasteiger partial charge < -0.3 is 15.7 Å². The van der Waals surface area contributed by atoms with E-state index in [1.165, 1.54) is 4.88 Å². The second kappa shape index (κ2) is 6.37. The number of fused-ring (bicyclic) bond motifs is 1. The third kappa shape index (κ3) is 3.58. The average molecular weight is 294 g/mol. The molecule has 110 valence electrons. The van der Waals surface area contributed by atoms with Crippen LogP contribution in [0.5, 0.6) is 0 Å². The first-order chi connectivity index (χ1) is 9.49. The largest absolute Gasteiger partial charge is 0.391 e. The number of rotatable bonds is 6. The standard InChI is InChI=1S/C14H22N4OS/c1-8(2)5-10(19)7-16-12-11-6-9(3)20-13(11)18-14(15-4)17-12/h6,8,10,19H,5,7H2,1-4H3,(H2,15,16,17,18).